The average molecular weight is 290 g/mol. The van der Waals surface area contributed by atoms with E-state index in [0.29, 0.717) is 13.1 Å². The van der Waals surface area contributed by atoms with Crippen LogP contribution in [0.25, 0.3) is 0 Å². The zero-order chi connectivity index (χ0) is 15.6. The summed E-state index contributed by atoms with van der Waals surface area (Å²) >= 11 is 0. The van der Waals surface area contributed by atoms with E-state index in [1.54, 1.807) is 4.90 Å². The zero-order valence-corrected chi connectivity index (χ0v) is 13.4. The molecule has 0 aliphatic carbocycles. The largest absolute Gasteiger partial charge is 0.444 e. The second kappa shape index (κ2) is 6.06. The smallest absolute Gasteiger partial charge is 0.410 e. The van der Waals surface area contributed by atoms with Crippen molar-refractivity contribution in [3.8, 4) is 0 Å². The second-order valence-corrected chi connectivity index (χ2v) is 6.93. The lowest BCUT2D eigenvalue weighted by Gasteiger charge is -2.37. The van der Waals surface area contributed by atoms with Crippen LogP contribution in [0.5, 0.6) is 0 Å². The number of hydrogen-bond donors (Lipinski definition) is 1. The fourth-order valence-corrected chi connectivity index (χ4v) is 2.88. The molecule has 4 heteroatoms. The fraction of sp³-hybridized carbons (Fsp3) is 0.588. The van der Waals surface area contributed by atoms with E-state index in [0.717, 1.165) is 6.42 Å². The Bertz CT molecular complexity index is 508. The van der Waals surface area contributed by atoms with Crippen LogP contribution in [0.2, 0.25) is 0 Å². The van der Waals surface area contributed by atoms with Gasteiger partial charge < -0.3 is 15.4 Å². The van der Waals surface area contributed by atoms with Gasteiger partial charge in [-0.1, -0.05) is 24.3 Å². The van der Waals surface area contributed by atoms with Gasteiger partial charge in [-0.15, -0.1) is 0 Å². The third kappa shape index (κ3) is 4.21. The predicted molar refractivity (Wildman–Crippen MR) is 84.3 cm³/mol. The molecule has 0 unspecified atom stereocenters. The van der Waals surface area contributed by atoms with Crippen molar-refractivity contribution < 1.29 is 9.53 Å². The molecule has 1 amide bonds. The summed E-state index contributed by atoms with van der Waals surface area (Å²) in [4.78, 5) is 14.0. The number of carbonyl (C=O) groups excluding carboxylic acids is 1. The zero-order valence-electron chi connectivity index (χ0n) is 13.4. The van der Waals surface area contributed by atoms with Gasteiger partial charge in [0, 0.05) is 25.0 Å². The Morgan fingerprint density at radius 1 is 1.29 bits per heavy atom. The molecule has 0 radical (unpaired) electrons. The van der Waals surface area contributed by atoms with Gasteiger partial charge in [0.05, 0.1) is 0 Å². The molecule has 0 saturated carbocycles. The number of benzene rings is 1. The number of ether oxygens (including phenoxy) is 1. The van der Waals surface area contributed by atoms with Gasteiger partial charge in [0.2, 0.25) is 0 Å². The van der Waals surface area contributed by atoms with Gasteiger partial charge in [-0.25, -0.2) is 4.79 Å². The van der Waals surface area contributed by atoms with Crippen molar-refractivity contribution in [2.45, 2.75) is 51.7 Å². The lowest BCUT2D eigenvalue weighted by molar-refractivity contribution is 0.0180. The highest BCUT2D eigenvalue weighted by atomic mass is 16.6. The number of hydrogen-bond acceptors (Lipinski definition) is 3. The number of amides is 1. The Kier molecular flexibility index (Phi) is 4.57. The van der Waals surface area contributed by atoms with Crippen LogP contribution in [0.3, 0.4) is 0 Å². The summed E-state index contributed by atoms with van der Waals surface area (Å²) < 4.78 is 5.47. The number of carbonyl (C=O) groups is 1. The molecule has 2 rings (SSSR count). The van der Waals surface area contributed by atoms with Crippen LogP contribution in [0, 0.1) is 6.92 Å². The fourth-order valence-electron chi connectivity index (χ4n) is 2.88. The molecule has 0 spiro atoms. The summed E-state index contributed by atoms with van der Waals surface area (Å²) in [5.74, 6) is 0.280. The number of likely N-dealkylation sites (tertiary alicyclic amines) is 1. The summed E-state index contributed by atoms with van der Waals surface area (Å²) in [6.45, 7) is 8.99. The minimum atomic E-state index is -0.475. The Morgan fingerprint density at radius 3 is 2.57 bits per heavy atom. The third-order valence-electron chi connectivity index (χ3n) is 3.76. The number of nitrogens with two attached hydrogens (primary N) is 1. The van der Waals surface area contributed by atoms with E-state index in [1.165, 1.54) is 11.1 Å². The maximum Gasteiger partial charge on any atom is 0.410 e. The first kappa shape index (κ1) is 15.8. The van der Waals surface area contributed by atoms with E-state index in [2.05, 4.69) is 19.1 Å². The first-order valence-electron chi connectivity index (χ1n) is 7.55. The highest BCUT2D eigenvalue weighted by Gasteiger charge is 2.32. The van der Waals surface area contributed by atoms with Crippen molar-refractivity contribution in [2.24, 2.45) is 5.73 Å². The molecule has 4 nitrogen and oxygen atoms in total. The summed E-state index contributed by atoms with van der Waals surface area (Å²) in [6.07, 6.45) is 0.640. The highest BCUT2D eigenvalue weighted by Crippen LogP contribution is 2.29. The van der Waals surface area contributed by atoms with Crippen LogP contribution in [-0.4, -0.2) is 35.7 Å². The van der Waals surface area contributed by atoms with Crippen molar-refractivity contribution >= 4 is 6.09 Å². The van der Waals surface area contributed by atoms with Crippen molar-refractivity contribution in [1.29, 1.82) is 0 Å². The minimum absolute atomic E-state index is 0.00382. The number of piperidine rings is 1. The number of aryl methyl sites for hydroxylation is 1. The molecule has 1 aromatic rings. The number of rotatable bonds is 1. The molecule has 2 N–H and O–H groups in total. The van der Waals surface area contributed by atoms with Crippen LogP contribution < -0.4 is 5.73 Å². The predicted octanol–water partition coefficient (Wildman–Crippen LogP) is 3.05. The Balaban J connectivity index is 2.13. The van der Waals surface area contributed by atoms with Crippen LogP contribution >= 0.6 is 0 Å². The first-order chi connectivity index (χ1) is 9.76. The lowest BCUT2D eigenvalue weighted by Crippen LogP contribution is -2.50. The van der Waals surface area contributed by atoms with E-state index in [9.17, 15) is 4.79 Å². The molecule has 1 aliphatic heterocycles. The monoisotopic (exact) mass is 290 g/mol. The molecule has 0 aromatic heterocycles. The second-order valence-electron chi connectivity index (χ2n) is 6.93. The van der Waals surface area contributed by atoms with Gasteiger partial charge >= 0.3 is 6.09 Å². The summed E-state index contributed by atoms with van der Waals surface area (Å²) in [6, 6.07) is 8.31. The molecule has 1 aromatic carbocycles. The Morgan fingerprint density at radius 2 is 1.95 bits per heavy atom. The molecule has 1 heterocycles. The molecule has 2 atom stereocenters. The molecule has 1 saturated heterocycles. The van der Waals surface area contributed by atoms with Gasteiger partial charge in [-0.2, -0.15) is 0 Å². The van der Waals surface area contributed by atoms with E-state index >= 15 is 0 Å². The average Bonchev–Trinajstić information content (AvgIpc) is 2.36. The molecule has 116 valence electrons. The molecular weight excluding hydrogens is 264 g/mol. The van der Waals surface area contributed by atoms with Crippen molar-refractivity contribution in [1.82, 2.24) is 4.90 Å². The molecule has 0 bridgehead atoms. The third-order valence-corrected chi connectivity index (χ3v) is 3.76. The van der Waals surface area contributed by atoms with E-state index in [4.69, 9.17) is 10.5 Å². The van der Waals surface area contributed by atoms with Crippen molar-refractivity contribution in [3.05, 3.63) is 35.4 Å². The maximum atomic E-state index is 12.3. The van der Waals surface area contributed by atoms with E-state index < -0.39 is 5.60 Å². The van der Waals surface area contributed by atoms with Gasteiger partial charge in [-0.3, -0.25) is 0 Å². The maximum absolute atomic E-state index is 12.3. The first-order valence-corrected chi connectivity index (χ1v) is 7.55. The van der Waals surface area contributed by atoms with Gasteiger partial charge in [0.25, 0.3) is 0 Å². The van der Waals surface area contributed by atoms with Crippen LogP contribution in [0.15, 0.2) is 24.3 Å². The quantitative estimate of drug-likeness (QED) is 0.865. The topological polar surface area (TPSA) is 55.6 Å². The molecule has 21 heavy (non-hydrogen) atoms. The molecular formula is C17H26N2O2. The molecule has 1 aliphatic rings. The SMILES string of the molecule is Cc1ccccc1[C@H]1C[C@H](N)CN(C(=O)OC(C)(C)C)C1. The van der Waals surface area contributed by atoms with E-state index in [-0.39, 0.29) is 18.1 Å². The Hall–Kier alpha value is -1.55. The summed E-state index contributed by atoms with van der Waals surface area (Å²) in [5.41, 5.74) is 8.21. The van der Waals surface area contributed by atoms with Crippen LogP contribution in [0.4, 0.5) is 4.79 Å². The van der Waals surface area contributed by atoms with Crippen LogP contribution in [0.1, 0.15) is 44.2 Å². The van der Waals surface area contributed by atoms with Crippen molar-refractivity contribution in [3.63, 3.8) is 0 Å². The van der Waals surface area contributed by atoms with Gasteiger partial charge in [0.1, 0.15) is 5.60 Å². The summed E-state index contributed by atoms with van der Waals surface area (Å²) in [7, 11) is 0. The lowest BCUT2D eigenvalue weighted by atomic mass is 9.86. The molecule has 1 fully saturated rings. The van der Waals surface area contributed by atoms with Crippen molar-refractivity contribution in [2.75, 3.05) is 13.1 Å². The van der Waals surface area contributed by atoms with Gasteiger partial charge in [0.15, 0.2) is 0 Å². The van der Waals surface area contributed by atoms with Crippen LogP contribution in [-0.2, 0) is 4.74 Å². The highest BCUT2D eigenvalue weighted by molar-refractivity contribution is 5.68. The van der Waals surface area contributed by atoms with Gasteiger partial charge in [-0.05, 0) is 45.2 Å². The summed E-state index contributed by atoms with van der Waals surface area (Å²) in [5, 5.41) is 0. The number of nitrogens with zero attached hydrogens (tertiary/aromatic N) is 1. The minimum Gasteiger partial charge on any atom is -0.444 e. The normalized spacial score (nSPS) is 23.0. The van der Waals surface area contributed by atoms with E-state index in [1.807, 2.05) is 32.9 Å². The standard InChI is InChI=1S/C17H26N2O2/c1-12-7-5-6-8-15(12)13-9-14(18)11-19(10-13)16(20)21-17(2,3)4/h5-8,13-14H,9-11,18H2,1-4H3/t13-,14-/m0/s1. The Labute approximate surface area is 127 Å².